The number of pyridine rings is 1. The van der Waals surface area contributed by atoms with Crippen LogP contribution in [0.4, 0.5) is 5.82 Å². The second-order valence-electron chi connectivity index (χ2n) is 10.1. The fourth-order valence-electron chi connectivity index (χ4n) is 5.07. The Kier molecular flexibility index (Phi) is 11.9. The maximum Gasteiger partial charge on any atom is 0.290 e. The van der Waals surface area contributed by atoms with Crippen molar-refractivity contribution in [2.24, 2.45) is 0 Å². The average molecular weight is 697 g/mol. The number of morpholine rings is 1. The zero-order valence-corrected chi connectivity index (χ0v) is 27.6. The molecule has 0 radical (unpaired) electrons. The third kappa shape index (κ3) is 8.97. The van der Waals surface area contributed by atoms with Crippen molar-refractivity contribution in [3.05, 3.63) is 69.3 Å². The number of aromatic nitrogens is 1. The number of rotatable bonds is 10. The Morgan fingerprint density at radius 2 is 1.80 bits per heavy atom. The summed E-state index contributed by atoms with van der Waals surface area (Å²) < 4.78 is 59.0. The highest BCUT2D eigenvalue weighted by Crippen LogP contribution is 2.30. The Bertz CT molecular complexity index is 1720. The Hall–Kier alpha value is -3.18. The summed E-state index contributed by atoms with van der Waals surface area (Å²) in [7, 11) is -7.42. The monoisotopic (exact) mass is 696 g/mol. The van der Waals surface area contributed by atoms with Gasteiger partial charge in [-0.2, -0.15) is 4.31 Å². The fraction of sp³-hybridized carbons (Fsp3) is 0.345. The van der Waals surface area contributed by atoms with E-state index >= 15 is 0 Å². The van der Waals surface area contributed by atoms with Gasteiger partial charge in [-0.3, -0.25) is 19.4 Å². The van der Waals surface area contributed by atoms with Gasteiger partial charge in [0.25, 0.3) is 6.47 Å². The summed E-state index contributed by atoms with van der Waals surface area (Å²) >= 11 is 7.27. The number of benzene rings is 1. The van der Waals surface area contributed by atoms with Crippen LogP contribution in [0.5, 0.6) is 0 Å². The summed E-state index contributed by atoms with van der Waals surface area (Å²) in [6.45, 7) is 3.22. The zero-order valence-electron chi connectivity index (χ0n) is 24.4. The lowest BCUT2D eigenvalue weighted by Gasteiger charge is -2.31. The summed E-state index contributed by atoms with van der Waals surface area (Å²) in [5.74, 6) is 0.0160. The van der Waals surface area contributed by atoms with Crippen LogP contribution in [0.3, 0.4) is 0 Å². The summed E-state index contributed by atoms with van der Waals surface area (Å²) in [5, 5.41) is 8.02. The van der Waals surface area contributed by atoms with E-state index < -0.39 is 25.9 Å². The zero-order chi connectivity index (χ0) is 32.6. The quantitative estimate of drug-likeness (QED) is 0.312. The third-order valence-corrected chi connectivity index (χ3v) is 11.1. The molecule has 16 heteroatoms. The number of ether oxygens (including phenoxy) is 1. The Morgan fingerprint density at radius 3 is 2.42 bits per heavy atom. The van der Waals surface area contributed by atoms with Gasteiger partial charge in [0.05, 0.1) is 22.4 Å². The second kappa shape index (κ2) is 15.4. The number of nitrogens with zero attached hydrogens (tertiary/aromatic N) is 4. The summed E-state index contributed by atoms with van der Waals surface area (Å²) in [6.07, 6.45) is 4.49. The van der Waals surface area contributed by atoms with E-state index in [1.54, 1.807) is 48.5 Å². The Labute approximate surface area is 271 Å². The van der Waals surface area contributed by atoms with Crippen LogP contribution in [0.1, 0.15) is 11.3 Å². The van der Waals surface area contributed by atoms with Crippen molar-refractivity contribution in [1.29, 1.82) is 0 Å². The first kappa shape index (κ1) is 34.7. The van der Waals surface area contributed by atoms with Gasteiger partial charge in [-0.25, -0.2) is 21.8 Å². The Balaban J connectivity index is 0.00000148. The molecule has 1 atom stereocenters. The first-order chi connectivity index (χ1) is 21.4. The van der Waals surface area contributed by atoms with Gasteiger partial charge in [0, 0.05) is 66.6 Å². The molecule has 45 heavy (non-hydrogen) atoms. The molecule has 2 aliphatic heterocycles. The number of sulfonamides is 1. The highest BCUT2D eigenvalue weighted by atomic mass is 35.5. The lowest BCUT2D eigenvalue weighted by molar-refractivity contribution is -0.123. The number of thiophene rings is 1. The summed E-state index contributed by atoms with van der Waals surface area (Å²) in [5.41, 5.74) is 1.11. The van der Waals surface area contributed by atoms with Gasteiger partial charge in [-0.15, -0.1) is 11.3 Å². The molecular formula is C29H33ClN4O8S3. The molecule has 1 N–H and O–H groups in total. The number of halogens is 1. The number of carbonyl (C=O) groups is 2. The minimum atomic E-state index is -3.96. The highest BCUT2D eigenvalue weighted by Gasteiger charge is 2.41. The lowest BCUT2D eigenvalue weighted by Crippen LogP contribution is -2.49. The van der Waals surface area contributed by atoms with Crippen LogP contribution in [0, 0.1) is 0 Å². The second-order valence-corrected chi connectivity index (χ2v) is 15.6. The number of carboxylic acid groups (broad SMARTS) is 1. The highest BCUT2D eigenvalue weighted by molar-refractivity contribution is 7.92. The third-order valence-electron chi connectivity index (χ3n) is 7.21. The van der Waals surface area contributed by atoms with E-state index in [1.165, 1.54) is 32.8 Å². The smallest absolute Gasteiger partial charge is 0.290 e. The molecule has 0 spiro atoms. The van der Waals surface area contributed by atoms with Crippen LogP contribution >= 0.6 is 22.9 Å². The lowest BCUT2D eigenvalue weighted by atomic mass is 10.1. The van der Waals surface area contributed by atoms with Crippen molar-refractivity contribution in [1.82, 2.24) is 14.2 Å². The van der Waals surface area contributed by atoms with Crippen LogP contribution in [0.15, 0.2) is 65.0 Å². The molecule has 2 aromatic heterocycles. The van der Waals surface area contributed by atoms with Crippen molar-refractivity contribution in [2.75, 3.05) is 57.1 Å². The number of carbonyl (C=O) groups excluding carboxylic acids is 1. The van der Waals surface area contributed by atoms with Crippen LogP contribution in [-0.4, -0.2) is 107 Å². The molecule has 2 saturated heterocycles. The van der Waals surface area contributed by atoms with Crippen molar-refractivity contribution in [3.8, 4) is 11.1 Å². The van der Waals surface area contributed by atoms with Gasteiger partial charge >= 0.3 is 0 Å². The van der Waals surface area contributed by atoms with E-state index in [2.05, 4.69) is 9.88 Å². The molecule has 3 aromatic rings. The van der Waals surface area contributed by atoms with Crippen LogP contribution < -0.4 is 4.90 Å². The van der Waals surface area contributed by atoms with Crippen molar-refractivity contribution in [3.63, 3.8) is 0 Å². The van der Waals surface area contributed by atoms with E-state index in [0.717, 1.165) is 11.7 Å². The van der Waals surface area contributed by atoms with Gasteiger partial charge in [0.15, 0.2) is 9.84 Å². The van der Waals surface area contributed by atoms with Crippen molar-refractivity contribution in [2.45, 2.75) is 17.4 Å². The molecule has 5 rings (SSSR count). The van der Waals surface area contributed by atoms with Crippen molar-refractivity contribution < 1.29 is 36.3 Å². The first-order valence-corrected chi connectivity index (χ1v) is 18.4. The van der Waals surface area contributed by atoms with E-state index in [-0.39, 0.29) is 23.8 Å². The topological polar surface area (TPSA) is 154 Å². The Morgan fingerprint density at radius 1 is 1.09 bits per heavy atom. The molecule has 2 fully saturated rings. The van der Waals surface area contributed by atoms with Crippen LogP contribution in [0.2, 0.25) is 4.34 Å². The first-order valence-electron chi connectivity index (χ1n) is 13.8. The molecule has 4 heterocycles. The number of sulfone groups is 1. The van der Waals surface area contributed by atoms with E-state index in [9.17, 15) is 21.6 Å². The number of amides is 1. The maximum atomic E-state index is 13.7. The van der Waals surface area contributed by atoms with Crippen molar-refractivity contribution >= 4 is 67.1 Å². The maximum absolute atomic E-state index is 13.7. The molecule has 1 amide bonds. The van der Waals surface area contributed by atoms with Gasteiger partial charge < -0.3 is 9.84 Å². The number of hydrogen-bond acceptors (Lipinski definition) is 10. The molecule has 242 valence electrons. The molecular weight excluding hydrogens is 664 g/mol. The predicted molar refractivity (Wildman–Crippen MR) is 173 cm³/mol. The minimum absolute atomic E-state index is 0.150. The molecule has 0 bridgehead atoms. The van der Waals surface area contributed by atoms with Gasteiger partial charge in [-0.1, -0.05) is 29.8 Å². The van der Waals surface area contributed by atoms with Gasteiger partial charge in [0.2, 0.25) is 15.9 Å². The average Bonchev–Trinajstić information content (AvgIpc) is 3.61. The fourth-order valence-corrected chi connectivity index (χ4v) is 8.39. The van der Waals surface area contributed by atoms with Crippen LogP contribution in [-0.2, 0) is 34.2 Å². The van der Waals surface area contributed by atoms with Gasteiger partial charge in [-0.05, 0) is 42.8 Å². The van der Waals surface area contributed by atoms with E-state index in [1.807, 2.05) is 0 Å². The van der Waals surface area contributed by atoms with E-state index in [4.69, 9.17) is 26.2 Å². The molecule has 0 aliphatic carbocycles. The molecule has 0 saturated carbocycles. The SMILES string of the molecule is CS(=O)(=O)c1ccccc1-c1ccc(N2CC[C@H](N(CCN3CCOCC3)S(=O)(=O)/C=C/c3ccc(Cl)s3)C2=O)nc1.O=CO. The standard InChI is InChI=1S/C28H31ClN4O6S3.CH2O2/c1-41(35,36)25-5-3-2-4-23(25)21-6-9-27(30-20-21)32-12-10-24(28(32)34)33(14-13-31-15-17-39-18-16-31)42(37,38)19-11-22-7-8-26(29)40-22;2-1-3/h2-9,11,19-20,24H,10,12-18H2,1H3;1H,(H,2,3)/b19-11+;/t24-;/m0./s1. The normalized spacial score (nSPS) is 17.9. The summed E-state index contributed by atoms with van der Waals surface area (Å²) in [4.78, 5) is 31.0. The van der Waals surface area contributed by atoms with Crippen LogP contribution in [0.25, 0.3) is 17.2 Å². The number of anilines is 1. The molecule has 1 aromatic carbocycles. The van der Waals surface area contributed by atoms with Gasteiger partial charge in [0.1, 0.15) is 11.9 Å². The van der Waals surface area contributed by atoms with E-state index in [0.29, 0.717) is 72.0 Å². The molecule has 0 unspecified atom stereocenters. The minimum Gasteiger partial charge on any atom is -0.483 e. The summed E-state index contributed by atoms with van der Waals surface area (Å²) in [6, 6.07) is 12.6. The largest absolute Gasteiger partial charge is 0.483 e. The molecule has 12 nitrogen and oxygen atoms in total. The molecule has 2 aliphatic rings. The predicted octanol–water partition coefficient (Wildman–Crippen LogP) is 3.31. The number of hydrogen-bond donors (Lipinski definition) is 1.